The number of nitrogens with one attached hydrogen (secondary N) is 2. The first kappa shape index (κ1) is 19.7. The topological polar surface area (TPSA) is 61.4 Å². The minimum Gasteiger partial charge on any atom is -0.375 e. The molecule has 0 bridgehead atoms. The van der Waals surface area contributed by atoms with Gasteiger partial charge in [-0.2, -0.15) is 13.2 Å². The molecule has 1 aromatic carbocycles. The van der Waals surface area contributed by atoms with Crippen LogP contribution in [0.4, 0.5) is 13.2 Å². The van der Waals surface area contributed by atoms with Crippen LogP contribution in [0.3, 0.4) is 0 Å². The standard InChI is InChI=1S/C15H19F3N2O2.ClH/c1-10(11-7-19-8-11)13(21)20-9-14(22,15(16,17)18)12-5-3-2-4-6-12;/h2-6,10-11,19,22H,7-9H2,1H3,(H,20,21);1H. The van der Waals surface area contributed by atoms with Crippen molar-refractivity contribution in [2.45, 2.75) is 18.7 Å². The summed E-state index contributed by atoms with van der Waals surface area (Å²) < 4.78 is 39.8. The lowest BCUT2D eigenvalue weighted by molar-refractivity contribution is -0.264. The van der Waals surface area contributed by atoms with Crippen molar-refractivity contribution in [3.05, 3.63) is 35.9 Å². The Morgan fingerprint density at radius 2 is 1.91 bits per heavy atom. The molecule has 3 N–H and O–H groups in total. The highest BCUT2D eigenvalue weighted by atomic mass is 35.5. The molecule has 1 saturated heterocycles. The van der Waals surface area contributed by atoms with E-state index in [4.69, 9.17) is 0 Å². The predicted molar refractivity (Wildman–Crippen MR) is 82.2 cm³/mol. The number of halogens is 4. The summed E-state index contributed by atoms with van der Waals surface area (Å²) in [5.74, 6) is -0.754. The highest BCUT2D eigenvalue weighted by Gasteiger charge is 2.55. The van der Waals surface area contributed by atoms with Crippen molar-refractivity contribution in [2.24, 2.45) is 11.8 Å². The Kier molecular flexibility index (Phi) is 6.44. The molecule has 1 aliphatic rings. The minimum absolute atomic E-state index is 0. The zero-order valence-corrected chi connectivity index (χ0v) is 13.4. The van der Waals surface area contributed by atoms with Crippen LogP contribution in [0.5, 0.6) is 0 Å². The van der Waals surface area contributed by atoms with Gasteiger partial charge in [0.05, 0.1) is 6.54 Å². The van der Waals surface area contributed by atoms with Gasteiger partial charge in [0.15, 0.2) is 0 Å². The zero-order valence-electron chi connectivity index (χ0n) is 12.6. The van der Waals surface area contributed by atoms with E-state index in [1.54, 1.807) is 13.0 Å². The maximum Gasteiger partial charge on any atom is 0.423 e. The average Bonchev–Trinajstić information content (AvgIpc) is 2.42. The number of alkyl halides is 3. The fourth-order valence-electron chi connectivity index (χ4n) is 2.33. The third kappa shape index (κ3) is 4.16. The molecule has 8 heteroatoms. The lowest BCUT2D eigenvalue weighted by atomic mass is 9.87. The molecule has 1 aliphatic heterocycles. The fourth-order valence-corrected chi connectivity index (χ4v) is 2.33. The first-order valence-electron chi connectivity index (χ1n) is 7.09. The molecule has 23 heavy (non-hydrogen) atoms. The van der Waals surface area contributed by atoms with Crippen LogP contribution in [-0.4, -0.2) is 36.8 Å². The van der Waals surface area contributed by atoms with Gasteiger partial charge in [0.25, 0.3) is 0 Å². The number of hydrogen-bond acceptors (Lipinski definition) is 3. The number of carbonyl (C=O) groups is 1. The Bertz CT molecular complexity index is 523. The third-order valence-electron chi connectivity index (χ3n) is 4.17. The third-order valence-corrected chi connectivity index (χ3v) is 4.17. The molecular formula is C15H20ClF3N2O2. The SMILES string of the molecule is CC(C(=O)NCC(O)(c1ccccc1)C(F)(F)F)C1CNC1.Cl. The van der Waals surface area contributed by atoms with Gasteiger partial charge in [-0.1, -0.05) is 37.3 Å². The second-order valence-corrected chi connectivity index (χ2v) is 5.65. The van der Waals surface area contributed by atoms with E-state index in [2.05, 4.69) is 10.6 Å². The largest absolute Gasteiger partial charge is 0.423 e. The summed E-state index contributed by atoms with van der Waals surface area (Å²) in [5, 5.41) is 15.4. The maximum atomic E-state index is 13.3. The Morgan fingerprint density at radius 1 is 1.35 bits per heavy atom. The molecule has 1 aromatic rings. The number of carbonyl (C=O) groups excluding carboxylic acids is 1. The predicted octanol–water partition coefficient (Wildman–Crippen LogP) is 1.83. The van der Waals surface area contributed by atoms with Gasteiger partial charge in [-0.05, 0) is 24.6 Å². The van der Waals surface area contributed by atoms with E-state index in [1.165, 1.54) is 24.3 Å². The normalized spacial score (nSPS) is 19.0. The van der Waals surface area contributed by atoms with Gasteiger partial charge in [-0.25, -0.2) is 0 Å². The molecule has 0 aliphatic carbocycles. The molecule has 0 spiro atoms. The Balaban J connectivity index is 0.00000264. The summed E-state index contributed by atoms with van der Waals surface area (Å²) in [6.45, 7) is 2.13. The van der Waals surface area contributed by atoms with Crippen molar-refractivity contribution in [1.29, 1.82) is 0 Å². The molecule has 1 amide bonds. The molecule has 2 rings (SSSR count). The van der Waals surface area contributed by atoms with Crippen LogP contribution >= 0.6 is 12.4 Å². The molecule has 0 saturated carbocycles. The molecule has 0 aromatic heterocycles. The van der Waals surface area contributed by atoms with E-state index >= 15 is 0 Å². The van der Waals surface area contributed by atoms with E-state index in [0.717, 1.165) is 0 Å². The van der Waals surface area contributed by atoms with Crippen LogP contribution in [0.25, 0.3) is 0 Å². The molecular weight excluding hydrogens is 333 g/mol. The number of amides is 1. The number of rotatable bonds is 5. The molecule has 2 unspecified atom stereocenters. The molecule has 4 nitrogen and oxygen atoms in total. The van der Waals surface area contributed by atoms with Gasteiger partial charge in [-0.15, -0.1) is 12.4 Å². The van der Waals surface area contributed by atoms with Crippen molar-refractivity contribution in [2.75, 3.05) is 19.6 Å². The van der Waals surface area contributed by atoms with Crippen LogP contribution in [0.2, 0.25) is 0 Å². The lowest BCUT2D eigenvalue weighted by Gasteiger charge is -2.34. The molecule has 1 heterocycles. The van der Waals surface area contributed by atoms with Crippen molar-refractivity contribution >= 4 is 18.3 Å². The Morgan fingerprint density at radius 3 is 2.35 bits per heavy atom. The van der Waals surface area contributed by atoms with Crippen LogP contribution in [-0.2, 0) is 10.4 Å². The van der Waals surface area contributed by atoms with E-state index in [1.807, 2.05) is 0 Å². The summed E-state index contributed by atoms with van der Waals surface area (Å²) in [4.78, 5) is 12.0. The van der Waals surface area contributed by atoms with Gasteiger partial charge < -0.3 is 15.7 Å². The van der Waals surface area contributed by atoms with Crippen molar-refractivity contribution in [3.8, 4) is 0 Å². The van der Waals surface area contributed by atoms with Gasteiger partial charge >= 0.3 is 6.18 Å². The van der Waals surface area contributed by atoms with E-state index in [9.17, 15) is 23.1 Å². The Labute approximate surface area is 138 Å². The van der Waals surface area contributed by atoms with E-state index in [-0.39, 0.29) is 23.9 Å². The lowest BCUT2D eigenvalue weighted by Crippen LogP contribution is -2.54. The van der Waals surface area contributed by atoms with Gasteiger partial charge in [0, 0.05) is 5.92 Å². The van der Waals surface area contributed by atoms with Gasteiger partial charge in [0.1, 0.15) is 0 Å². The Hall–Kier alpha value is -1.31. The molecule has 130 valence electrons. The number of benzene rings is 1. The monoisotopic (exact) mass is 352 g/mol. The van der Waals surface area contributed by atoms with E-state index < -0.39 is 30.1 Å². The van der Waals surface area contributed by atoms with Crippen molar-refractivity contribution < 1.29 is 23.1 Å². The second-order valence-electron chi connectivity index (χ2n) is 5.65. The smallest absolute Gasteiger partial charge is 0.375 e. The average molecular weight is 353 g/mol. The summed E-state index contributed by atoms with van der Waals surface area (Å²) in [5.41, 5.74) is -3.39. The van der Waals surface area contributed by atoms with Crippen LogP contribution in [0.1, 0.15) is 12.5 Å². The minimum atomic E-state index is -4.89. The molecule has 1 fully saturated rings. The number of hydrogen-bond donors (Lipinski definition) is 3. The first-order chi connectivity index (χ1) is 10.3. The maximum absolute atomic E-state index is 13.3. The fraction of sp³-hybridized carbons (Fsp3) is 0.533. The van der Waals surface area contributed by atoms with Crippen LogP contribution < -0.4 is 10.6 Å². The highest BCUT2D eigenvalue weighted by Crippen LogP contribution is 2.38. The second kappa shape index (κ2) is 7.51. The number of aliphatic hydroxyl groups is 1. The quantitative estimate of drug-likeness (QED) is 0.757. The summed E-state index contributed by atoms with van der Waals surface area (Å²) >= 11 is 0. The zero-order chi connectivity index (χ0) is 16.4. The van der Waals surface area contributed by atoms with E-state index in [0.29, 0.717) is 13.1 Å². The summed E-state index contributed by atoms with van der Waals surface area (Å²) in [6.07, 6.45) is -4.89. The van der Waals surface area contributed by atoms with Gasteiger partial charge in [0.2, 0.25) is 11.5 Å². The van der Waals surface area contributed by atoms with Crippen molar-refractivity contribution in [3.63, 3.8) is 0 Å². The highest BCUT2D eigenvalue weighted by molar-refractivity contribution is 5.85. The summed E-state index contributed by atoms with van der Waals surface area (Å²) in [7, 11) is 0. The molecule has 0 radical (unpaired) electrons. The summed E-state index contributed by atoms with van der Waals surface area (Å²) in [6, 6.07) is 6.77. The van der Waals surface area contributed by atoms with Crippen molar-refractivity contribution in [1.82, 2.24) is 10.6 Å². The van der Waals surface area contributed by atoms with Crippen LogP contribution in [0.15, 0.2) is 30.3 Å². The first-order valence-corrected chi connectivity index (χ1v) is 7.09. The van der Waals surface area contributed by atoms with Gasteiger partial charge in [-0.3, -0.25) is 4.79 Å². The molecule has 2 atom stereocenters. The van der Waals surface area contributed by atoms with Crippen LogP contribution in [0, 0.1) is 11.8 Å².